The van der Waals surface area contributed by atoms with Gasteiger partial charge in [0, 0.05) is 12.4 Å². The van der Waals surface area contributed by atoms with Crippen molar-refractivity contribution in [2.45, 2.75) is 12.0 Å². The van der Waals surface area contributed by atoms with Gasteiger partial charge in [0.15, 0.2) is 0 Å². The zero-order valence-electron chi connectivity index (χ0n) is 4.86. The number of rotatable bonds is 2. The van der Waals surface area contributed by atoms with Crippen molar-refractivity contribution in [2.24, 2.45) is 0 Å². The van der Waals surface area contributed by atoms with Crippen LogP contribution in [0.3, 0.4) is 0 Å². The van der Waals surface area contributed by atoms with Crippen LogP contribution in [0.1, 0.15) is 5.69 Å². The van der Waals surface area contributed by atoms with Crippen molar-refractivity contribution in [3.63, 3.8) is 0 Å². The Morgan fingerprint density at radius 3 is 2.89 bits per heavy atom. The first kappa shape index (κ1) is 7.03. The first-order valence-electron chi connectivity index (χ1n) is 2.56. The van der Waals surface area contributed by atoms with E-state index in [1.54, 1.807) is 4.68 Å². The molecule has 9 heavy (non-hydrogen) atoms. The molecule has 1 unspecified atom stereocenters. The molecule has 0 spiro atoms. The summed E-state index contributed by atoms with van der Waals surface area (Å²) in [6.45, 7) is 0. The Labute approximate surface area is 61.4 Å². The van der Waals surface area contributed by atoms with Gasteiger partial charge in [0.25, 0.3) is 0 Å². The van der Waals surface area contributed by atoms with Crippen LogP contribution in [0.4, 0.5) is 0 Å². The molecule has 0 aliphatic heterocycles. The van der Waals surface area contributed by atoms with Gasteiger partial charge in [0.05, 0.1) is 11.6 Å². The van der Waals surface area contributed by atoms with E-state index in [1.807, 2.05) is 6.20 Å². The first-order chi connectivity index (χ1) is 4.36. The summed E-state index contributed by atoms with van der Waals surface area (Å²) in [5.74, 6) is 0.595. The molecular weight excluding hydrogens is 153 g/mol. The van der Waals surface area contributed by atoms with Gasteiger partial charge in [-0.05, 0) is 0 Å². The molecule has 0 aliphatic carbocycles. The molecule has 0 aliphatic rings. The van der Waals surface area contributed by atoms with Gasteiger partial charge < -0.3 is 0 Å². The molecule has 3 nitrogen and oxygen atoms in total. The molecule has 1 atom stereocenters. The number of hydrogen-bond acceptors (Lipinski definition) is 3. The Bertz CT molecular complexity index is 169. The van der Waals surface area contributed by atoms with Gasteiger partial charge in [-0.2, -0.15) is 12.6 Å². The Balaban J connectivity index is 2.74. The van der Waals surface area contributed by atoms with E-state index in [4.69, 9.17) is 0 Å². The SMILES string of the molecule is PCc1cn(CS)nn1. The van der Waals surface area contributed by atoms with E-state index >= 15 is 0 Å². The monoisotopic (exact) mass is 161 g/mol. The summed E-state index contributed by atoms with van der Waals surface area (Å²) in [7, 11) is 2.59. The van der Waals surface area contributed by atoms with Crippen LogP contribution in [-0.2, 0) is 12.0 Å². The van der Waals surface area contributed by atoms with Crippen LogP contribution in [0.25, 0.3) is 0 Å². The quantitative estimate of drug-likeness (QED) is 0.507. The fourth-order valence-corrected chi connectivity index (χ4v) is 0.826. The topological polar surface area (TPSA) is 30.7 Å². The Kier molecular flexibility index (Phi) is 2.49. The van der Waals surface area contributed by atoms with Crippen molar-refractivity contribution < 1.29 is 0 Å². The molecule has 5 heteroatoms. The summed E-state index contributed by atoms with van der Waals surface area (Å²) in [6.07, 6.45) is 2.73. The lowest BCUT2D eigenvalue weighted by Crippen LogP contribution is -1.91. The zero-order valence-corrected chi connectivity index (χ0v) is 6.91. The van der Waals surface area contributed by atoms with Crippen LogP contribution in [0.5, 0.6) is 0 Å². The Morgan fingerprint density at radius 2 is 2.56 bits per heavy atom. The Morgan fingerprint density at radius 1 is 1.78 bits per heavy atom. The van der Waals surface area contributed by atoms with Gasteiger partial charge >= 0.3 is 0 Å². The summed E-state index contributed by atoms with van der Waals surface area (Å²) < 4.78 is 1.68. The zero-order chi connectivity index (χ0) is 6.69. The Hall–Kier alpha value is -0.0800. The minimum atomic E-state index is 0.595. The number of nitrogens with zero attached hydrogens (tertiary/aromatic N) is 3. The lowest BCUT2D eigenvalue weighted by Gasteiger charge is -1.85. The highest BCUT2D eigenvalue weighted by atomic mass is 32.1. The van der Waals surface area contributed by atoms with Gasteiger partial charge in [-0.15, -0.1) is 14.3 Å². The maximum absolute atomic E-state index is 4.02. The average molecular weight is 161 g/mol. The van der Waals surface area contributed by atoms with Gasteiger partial charge in [0.1, 0.15) is 0 Å². The molecule has 1 rings (SSSR count). The van der Waals surface area contributed by atoms with Crippen molar-refractivity contribution in [1.29, 1.82) is 0 Å². The molecule has 1 heterocycles. The van der Waals surface area contributed by atoms with Gasteiger partial charge in [-0.1, -0.05) is 5.21 Å². The molecule has 0 aromatic carbocycles. The fourth-order valence-electron chi connectivity index (χ4n) is 0.501. The maximum Gasteiger partial charge on any atom is 0.0865 e. The summed E-state index contributed by atoms with van der Waals surface area (Å²) >= 11 is 4.02. The summed E-state index contributed by atoms with van der Waals surface area (Å²) in [5, 5.41) is 7.63. The summed E-state index contributed by atoms with van der Waals surface area (Å²) in [6, 6.07) is 0. The standard InChI is InChI=1S/C4H8N3PS/c8-2-4-1-7(3-9)6-5-4/h1,9H,2-3,8H2. The number of thiol groups is 1. The van der Waals surface area contributed by atoms with Crippen molar-refractivity contribution >= 4 is 21.9 Å². The van der Waals surface area contributed by atoms with Crippen molar-refractivity contribution in [1.82, 2.24) is 15.0 Å². The third kappa shape index (κ3) is 1.66. The van der Waals surface area contributed by atoms with E-state index in [2.05, 4.69) is 32.2 Å². The second kappa shape index (κ2) is 3.18. The van der Waals surface area contributed by atoms with Crippen molar-refractivity contribution in [2.75, 3.05) is 0 Å². The molecule has 0 saturated heterocycles. The van der Waals surface area contributed by atoms with E-state index in [1.165, 1.54) is 0 Å². The highest BCUT2D eigenvalue weighted by Gasteiger charge is 1.93. The minimum absolute atomic E-state index is 0.595. The maximum atomic E-state index is 4.02. The number of hydrogen-bond donors (Lipinski definition) is 1. The molecule has 0 bridgehead atoms. The predicted octanol–water partition coefficient (Wildman–Crippen LogP) is 0.540. The molecule has 1 aromatic heterocycles. The van der Waals surface area contributed by atoms with E-state index in [0.717, 1.165) is 11.9 Å². The smallest absolute Gasteiger partial charge is 0.0865 e. The van der Waals surface area contributed by atoms with E-state index in [9.17, 15) is 0 Å². The van der Waals surface area contributed by atoms with E-state index < -0.39 is 0 Å². The highest BCUT2D eigenvalue weighted by Crippen LogP contribution is 1.99. The van der Waals surface area contributed by atoms with Crippen LogP contribution in [0, 0.1) is 0 Å². The number of aromatic nitrogens is 3. The second-order valence-corrected chi connectivity index (χ2v) is 2.29. The molecule has 0 amide bonds. The predicted molar refractivity (Wildman–Crippen MR) is 42.4 cm³/mol. The van der Waals surface area contributed by atoms with Crippen molar-refractivity contribution in [3.8, 4) is 0 Å². The molecule has 1 aromatic rings. The summed E-state index contributed by atoms with van der Waals surface area (Å²) in [5.41, 5.74) is 0.981. The molecule has 0 radical (unpaired) electrons. The fraction of sp³-hybridized carbons (Fsp3) is 0.500. The highest BCUT2D eigenvalue weighted by molar-refractivity contribution is 7.79. The van der Waals surface area contributed by atoms with Crippen LogP contribution in [-0.4, -0.2) is 15.0 Å². The third-order valence-corrected chi connectivity index (χ3v) is 1.65. The van der Waals surface area contributed by atoms with Gasteiger partial charge in [-0.25, -0.2) is 4.68 Å². The lowest BCUT2D eigenvalue weighted by atomic mass is 10.6. The van der Waals surface area contributed by atoms with Crippen LogP contribution in [0.2, 0.25) is 0 Å². The molecule has 0 N–H and O–H groups in total. The average Bonchev–Trinajstić information content (AvgIpc) is 2.34. The molecule has 0 saturated carbocycles. The third-order valence-electron chi connectivity index (χ3n) is 0.940. The molecule has 0 fully saturated rings. The minimum Gasteiger partial charge on any atom is -0.243 e. The van der Waals surface area contributed by atoms with Crippen molar-refractivity contribution in [3.05, 3.63) is 11.9 Å². The molecular formula is C4H8N3PS. The normalized spacial score (nSPS) is 10.0. The largest absolute Gasteiger partial charge is 0.243 e. The second-order valence-electron chi connectivity index (χ2n) is 1.59. The van der Waals surface area contributed by atoms with Crippen LogP contribution in [0.15, 0.2) is 6.20 Å². The lowest BCUT2D eigenvalue weighted by molar-refractivity contribution is 0.703. The van der Waals surface area contributed by atoms with Crippen LogP contribution < -0.4 is 0 Å². The first-order valence-corrected chi connectivity index (χ1v) is 4.01. The van der Waals surface area contributed by atoms with E-state index in [-0.39, 0.29) is 0 Å². The van der Waals surface area contributed by atoms with Gasteiger partial charge in [-0.3, -0.25) is 0 Å². The van der Waals surface area contributed by atoms with Crippen LogP contribution >= 0.6 is 21.9 Å². The summed E-state index contributed by atoms with van der Waals surface area (Å²) in [4.78, 5) is 0. The molecule has 50 valence electrons. The van der Waals surface area contributed by atoms with Gasteiger partial charge in [0.2, 0.25) is 0 Å². The van der Waals surface area contributed by atoms with E-state index in [0.29, 0.717) is 5.88 Å².